The first-order valence-electron chi connectivity index (χ1n) is 9.27. The maximum absolute atomic E-state index is 5.99. The molecule has 1 aliphatic rings. The molecule has 0 unspecified atom stereocenters. The largest absolute Gasteiger partial charge is 0.373 e. The second-order valence-electron chi connectivity index (χ2n) is 7.18. The molecule has 3 aromatic rings. The van der Waals surface area contributed by atoms with Crippen LogP contribution in [0.2, 0.25) is 0 Å². The standard InChI is InChI=1S/C20H25N5O2/c1-14-5-4-6-17(22-14)12-26-13-19-10-24(9-18-7-8-21-25(18)19)11-20-15(2)23-27-16(20)3/h4-8,19H,9-13H2,1-3H3/t19-/m1/s1. The van der Waals surface area contributed by atoms with Gasteiger partial charge in [0, 0.05) is 37.1 Å². The van der Waals surface area contributed by atoms with Gasteiger partial charge in [-0.15, -0.1) is 0 Å². The molecule has 1 aliphatic heterocycles. The summed E-state index contributed by atoms with van der Waals surface area (Å²) in [6.07, 6.45) is 1.86. The molecule has 7 heteroatoms. The smallest absolute Gasteiger partial charge is 0.138 e. The molecule has 7 nitrogen and oxygen atoms in total. The lowest BCUT2D eigenvalue weighted by molar-refractivity contribution is 0.0518. The Morgan fingerprint density at radius 2 is 2.11 bits per heavy atom. The minimum atomic E-state index is 0.175. The molecule has 4 heterocycles. The summed E-state index contributed by atoms with van der Waals surface area (Å²) in [7, 11) is 0. The van der Waals surface area contributed by atoms with Crippen molar-refractivity contribution in [3.05, 3.63) is 64.6 Å². The SMILES string of the molecule is Cc1cccc(COC[C@H]2CN(Cc3c(C)noc3C)Cc3ccnn32)n1. The van der Waals surface area contributed by atoms with E-state index in [1.165, 1.54) is 11.3 Å². The van der Waals surface area contributed by atoms with Gasteiger partial charge in [-0.05, 0) is 39.0 Å². The van der Waals surface area contributed by atoms with Gasteiger partial charge in [0.25, 0.3) is 0 Å². The topological polar surface area (TPSA) is 69.2 Å². The fourth-order valence-electron chi connectivity index (χ4n) is 3.64. The van der Waals surface area contributed by atoms with Crippen LogP contribution in [0, 0.1) is 20.8 Å². The van der Waals surface area contributed by atoms with E-state index in [4.69, 9.17) is 9.26 Å². The maximum atomic E-state index is 5.99. The third-order valence-electron chi connectivity index (χ3n) is 5.02. The molecule has 0 aliphatic carbocycles. The molecule has 0 saturated heterocycles. The van der Waals surface area contributed by atoms with Crippen molar-refractivity contribution in [2.75, 3.05) is 13.2 Å². The summed E-state index contributed by atoms with van der Waals surface area (Å²) in [4.78, 5) is 6.90. The van der Waals surface area contributed by atoms with Crippen molar-refractivity contribution in [1.82, 2.24) is 24.8 Å². The second kappa shape index (κ2) is 7.62. The average molecular weight is 367 g/mol. The molecular weight excluding hydrogens is 342 g/mol. The number of ether oxygens (including phenoxy) is 1. The van der Waals surface area contributed by atoms with Crippen molar-refractivity contribution in [2.24, 2.45) is 0 Å². The molecular formula is C20H25N5O2. The van der Waals surface area contributed by atoms with Crippen LogP contribution in [0.3, 0.4) is 0 Å². The summed E-state index contributed by atoms with van der Waals surface area (Å²) < 4.78 is 13.4. The Hall–Kier alpha value is -2.51. The van der Waals surface area contributed by atoms with Gasteiger partial charge in [0.2, 0.25) is 0 Å². The van der Waals surface area contributed by atoms with Crippen LogP contribution < -0.4 is 0 Å². The van der Waals surface area contributed by atoms with Gasteiger partial charge >= 0.3 is 0 Å². The zero-order valence-corrected chi connectivity index (χ0v) is 16.1. The number of rotatable bonds is 6. The molecule has 1 atom stereocenters. The van der Waals surface area contributed by atoms with Gasteiger partial charge in [0.1, 0.15) is 5.76 Å². The quantitative estimate of drug-likeness (QED) is 0.667. The highest BCUT2D eigenvalue weighted by atomic mass is 16.5. The van der Waals surface area contributed by atoms with Crippen LogP contribution in [-0.4, -0.2) is 38.0 Å². The van der Waals surface area contributed by atoms with Gasteiger partial charge in [-0.2, -0.15) is 5.10 Å². The van der Waals surface area contributed by atoms with Gasteiger partial charge in [-0.3, -0.25) is 14.6 Å². The third kappa shape index (κ3) is 3.94. The van der Waals surface area contributed by atoms with Crippen molar-refractivity contribution in [1.29, 1.82) is 0 Å². The van der Waals surface area contributed by atoms with Crippen LogP contribution >= 0.6 is 0 Å². The summed E-state index contributed by atoms with van der Waals surface area (Å²) in [5, 5.41) is 8.58. The zero-order valence-electron chi connectivity index (χ0n) is 16.1. The van der Waals surface area contributed by atoms with Gasteiger partial charge in [-0.25, -0.2) is 0 Å². The van der Waals surface area contributed by atoms with Crippen molar-refractivity contribution < 1.29 is 9.26 Å². The van der Waals surface area contributed by atoms with E-state index >= 15 is 0 Å². The third-order valence-corrected chi connectivity index (χ3v) is 5.02. The van der Waals surface area contributed by atoms with Gasteiger partial charge < -0.3 is 9.26 Å². The minimum Gasteiger partial charge on any atom is -0.373 e. The second-order valence-corrected chi connectivity index (χ2v) is 7.18. The van der Waals surface area contributed by atoms with E-state index < -0.39 is 0 Å². The lowest BCUT2D eigenvalue weighted by Gasteiger charge is -2.33. The Bertz CT molecular complexity index is 897. The Labute approximate surface area is 158 Å². The molecule has 3 aromatic heterocycles. The Morgan fingerprint density at radius 3 is 2.89 bits per heavy atom. The number of fused-ring (bicyclic) bond motifs is 1. The number of pyridine rings is 1. The molecule has 0 bridgehead atoms. The predicted octanol–water partition coefficient (Wildman–Crippen LogP) is 2.97. The fraction of sp³-hybridized carbons (Fsp3) is 0.450. The Balaban J connectivity index is 1.42. The highest BCUT2D eigenvalue weighted by Gasteiger charge is 2.27. The molecule has 0 aromatic carbocycles. The van der Waals surface area contributed by atoms with E-state index in [0.29, 0.717) is 13.2 Å². The molecule has 4 rings (SSSR count). The first kappa shape index (κ1) is 17.9. The van der Waals surface area contributed by atoms with Crippen molar-refractivity contribution >= 4 is 0 Å². The first-order chi connectivity index (χ1) is 13.1. The normalized spacial score (nSPS) is 17.2. The molecule has 142 valence electrons. The lowest BCUT2D eigenvalue weighted by atomic mass is 10.1. The monoisotopic (exact) mass is 367 g/mol. The summed E-state index contributed by atoms with van der Waals surface area (Å²) in [6, 6.07) is 8.26. The number of aromatic nitrogens is 4. The van der Waals surface area contributed by atoms with Crippen LogP contribution in [0.4, 0.5) is 0 Å². The summed E-state index contributed by atoms with van der Waals surface area (Å²) in [5.41, 5.74) is 5.31. The molecule has 0 saturated carbocycles. The highest BCUT2D eigenvalue weighted by molar-refractivity contribution is 5.21. The summed E-state index contributed by atoms with van der Waals surface area (Å²) in [5.74, 6) is 0.893. The number of hydrogen-bond acceptors (Lipinski definition) is 6. The Morgan fingerprint density at radius 1 is 1.22 bits per heavy atom. The first-order valence-corrected chi connectivity index (χ1v) is 9.27. The molecule has 0 radical (unpaired) electrons. The van der Waals surface area contributed by atoms with E-state index in [2.05, 4.69) is 30.9 Å². The van der Waals surface area contributed by atoms with Crippen LogP contribution in [-0.2, 0) is 24.4 Å². The maximum Gasteiger partial charge on any atom is 0.138 e. The van der Waals surface area contributed by atoms with Crippen LogP contribution in [0.5, 0.6) is 0 Å². The van der Waals surface area contributed by atoms with Crippen molar-refractivity contribution in [3.63, 3.8) is 0 Å². The summed E-state index contributed by atoms with van der Waals surface area (Å²) >= 11 is 0. The van der Waals surface area contributed by atoms with Gasteiger partial charge in [0.05, 0.1) is 36.3 Å². The number of aryl methyl sites for hydroxylation is 3. The molecule has 0 N–H and O–H groups in total. The summed E-state index contributed by atoms with van der Waals surface area (Å²) in [6.45, 7) is 9.63. The highest BCUT2D eigenvalue weighted by Crippen LogP contribution is 2.24. The van der Waals surface area contributed by atoms with Crippen LogP contribution in [0.15, 0.2) is 35.0 Å². The van der Waals surface area contributed by atoms with E-state index in [1.807, 2.05) is 45.2 Å². The minimum absolute atomic E-state index is 0.175. The van der Waals surface area contributed by atoms with E-state index in [0.717, 1.165) is 42.5 Å². The molecule has 0 amide bonds. The fourth-order valence-corrected chi connectivity index (χ4v) is 3.64. The van der Waals surface area contributed by atoms with E-state index in [-0.39, 0.29) is 6.04 Å². The van der Waals surface area contributed by atoms with E-state index in [9.17, 15) is 0 Å². The lowest BCUT2D eigenvalue weighted by Crippen LogP contribution is -2.39. The van der Waals surface area contributed by atoms with E-state index in [1.54, 1.807) is 0 Å². The molecule has 0 fully saturated rings. The van der Waals surface area contributed by atoms with Crippen LogP contribution in [0.1, 0.15) is 40.1 Å². The average Bonchev–Trinajstić information content (AvgIpc) is 3.24. The molecule has 27 heavy (non-hydrogen) atoms. The van der Waals surface area contributed by atoms with Crippen LogP contribution in [0.25, 0.3) is 0 Å². The predicted molar refractivity (Wildman–Crippen MR) is 100.0 cm³/mol. The number of hydrogen-bond donors (Lipinski definition) is 0. The van der Waals surface area contributed by atoms with Gasteiger partial charge in [0.15, 0.2) is 0 Å². The number of nitrogens with zero attached hydrogens (tertiary/aromatic N) is 5. The molecule has 0 spiro atoms. The van der Waals surface area contributed by atoms with Crippen molar-refractivity contribution in [3.8, 4) is 0 Å². The Kier molecular flexibility index (Phi) is 5.05. The van der Waals surface area contributed by atoms with Gasteiger partial charge in [-0.1, -0.05) is 11.2 Å². The zero-order chi connectivity index (χ0) is 18.8. The van der Waals surface area contributed by atoms with Crippen molar-refractivity contribution in [2.45, 2.75) is 46.5 Å².